The summed E-state index contributed by atoms with van der Waals surface area (Å²) in [4.78, 5) is 7.94. The summed E-state index contributed by atoms with van der Waals surface area (Å²) in [6, 6.07) is 0. The Morgan fingerprint density at radius 1 is 1.60 bits per heavy atom. The number of nitrogens with one attached hydrogen (secondary N) is 1. The molecular weight excluding hydrogens is 192 g/mol. The molecule has 0 spiro atoms. The first kappa shape index (κ1) is 11.5. The Morgan fingerprint density at radius 3 is 3.07 bits per heavy atom. The standard InChI is InChI=1S/C10H16N4O/c1-8(2)7-15-4-3-13-10-6-12-5-9(11)14-10/h5-6H,1,3-4,7H2,2H3,(H3,11,13,14). The largest absolute Gasteiger partial charge is 0.382 e. The van der Waals surface area contributed by atoms with E-state index in [0.29, 0.717) is 31.4 Å². The van der Waals surface area contributed by atoms with Gasteiger partial charge in [-0.3, -0.25) is 4.98 Å². The molecule has 1 heterocycles. The maximum atomic E-state index is 5.47. The Labute approximate surface area is 89.4 Å². The number of aromatic nitrogens is 2. The first-order valence-electron chi connectivity index (χ1n) is 4.72. The molecule has 0 unspecified atom stereocenters. The average molecular weight is 208 g/mol. The molecule has 0 aliphatic carbocycles. The zero-order valence-corrected chi connectivity index (χ0v) is 8.86. The molecule has 5 heteroatoms. The molecule has 1 aromatic heterocycles. The Morgan fingerprint density at radius 2 is 2.40 bits per heavy atom. The van der Waals surface area contributed by atoms with E-state index in [1.165, 1.54) is 6.20 Å². The van der Waals surface area contributed by atoms with Gasteiger partial charge in [-0.05, 0) is 6.92 Å². The van der Waals surface area contributed by atoms with Gasteiger partial charge in [0.1, 0.15) is 11.6 Å². The normalized spacial score (nSPS) is 9.93. The lowest BCUT2D eigenvalue weighted by Crippen LogP contribution is -2.11. The van der Waals surface area contributed by atoms with Crippen molar-refractivity contribution in [1.82, 2.24) is 9.97 Å². The fraction of sp³-hybridized carbons (Fsp3) is 0.400. The summed E-state index contributed by atoms with van der Waals surface area (Å²) in [6.45, 7) is 7.53. The van der Waals surface area contributed by atoms with Gasteiger partial charge in [0, 0.05) is 6.54 Å². The molecule has 1 rings (SSSR count). The third-order valence-electron chi connectivity index (χ3n) is 1.55. The van der Waals surface area contributed by atoms with Gasteiger partial charge in [0.2, 0.25) is 0 Å². The maximum absolute atomic E-state index is 5.47. The molecular formula is C10H16N4O. The van der Waals surface area contributed by atoms with Crippen LogP contribution in [-0.2, 0) is 4.74 Å². The average Bonchev–Trinajstić information content (AvgIpc) is 2.17. The Hall–Kier alpha value is -1.62. The van der Waals surface area contributed by atoms with E-state index >= 15 is 0 Å². The number of anilines is 2. The van der Waals surface area contributed by atoms with Crippen molar-refractivity contribution in [3.63, 3.8) is 0 Å². The molecule has 0 saturated heterocycles. The van der Waals surface area contributed by atoms with Gasteiger partial charge in [0.15, 0.2) is 0 Å². The van der Waals surface area contributed by atoms with Crippen LogP contribution in [0.5, 0.6) is 0 Å². The molecule has 0 aliphatic heterocycles. The molecule has 0 amide bonds. The SMILES string of the molecule is C=C(C)COCCNc1cncc(N)n1. The molecule has 1 aromatic rings. The molecule has 0 fully saturated rings. The molecule has 0 aliphatic rings. The van der Waals surface area contributed by atoms with E-state index < -0.39 is 0 Å². The van der Waals surface area contributed by atoms with E-state index in [1.807, 2.05) is 6.92 Å². The second-order valence-corrected chi connectivity index (χ2v) is 3.27. The third-order valence-corrected chi connectivity index (χ3v) is 1.55. The van der Waals surface area contributed by atoms with Crippen molar-refractivity contribution in [3.05, 3.63) is 24.5 Å². The highest BCUT2D eigenvalue weighted by Gasteiger charge is 1.94. The van der Waals surface area contributed by atoms with Crippen LogP contribution in [0.1, 0.15) is 6.92 Å². The Kier molecular flexibility index (Phi) is 4.56. The molecule has 0 atom stereocenters. The molecule has 15 heavy (non-hydrogen) atoms. The number of ether oxygens (including phenoxy) is 1. The zero-order valence-electron chi connectivity index (χ0n) is 8.86. The van der Waals surface area contributed by atoms with Crippen molar-refractivity contribution < 1.29 is 4.74 Å². The molecule has 5 nitrogen and oxygen atoms in total. The highest BCUT2D eigenvalue weighted by Crippen LogP contribution is 2.01. The molecule has 0 saturated carbocycles. The maximum Gasteiger partial charge on any atom is 0.147 e. The van der Waals surface area contributed by atoms with Crippen LogP contribution in [0.3, 0.4) is 0 Å². The molecule has 0 aromatic carbocycles. The van der Waals surface area contributed by atoms with Crippen LogP contribution in [0, 0.1) is 0 Å². The minimum absolute atomic E-state index is 0.405. The van der Waals surface area contributed by atoms with Crippen molar-refractivity contribution in [2.75, 3.05) is 30.8 Å². The lowest BCUT2D eigenvalue weighted by atomic mass is 10.4. The summed E-state index contributed by atoms with van der Waals surface area (Å²) in [5.41, 5.74) is 6.48. The zero-order chi connectivity index (χ0) is 11.1. The number of nitrogens with two attached hydrogens (primary N) is 1. The van der Waals surface area contributed by atoms with Crippen molar-refractivity contribution in [3.8, 4) is 0 Å². The minimum atomic E-state index is 0.405. The lowest BCUT2D eigenvalue weighted by molar-refractivity contribution is 0.167. The van der Waals surface area contributed by atoms with E-state index in [4.69, 9.17) is 10.5 Å². The number of hydrogen-bond acceptors (Lipinski definition) is 5. The summed E-state index contributed by atoms with van der Waals surface area (Å²) in [6.07, 6.45) is 3.12. The smallest absolute Gasteiger partial charge is 0.147 e. The van der Waals surface area contributed by atoms with Gasteiger partial charge in [-0.1, -0.05) is 12.2 Å². The summed E-state index contributed by atoms with van der Waals surface area (Å²) < 4.78 is 5.31. The van der Waals surface area contributed by atoms with Crippen LogP contribution in [0.25, 0.3) is 0 Å². The monoisotopic (exact) mass is 208 g/mol. The number of nitrogens with zero attached hydrogens (tertiary/aromatic N) is 2. The molecule has 3 N–H and O–H groups in total. The quantitative estimate of drug-likeness (QED) is 0.540. The van der Waals surface area contributed by atoms with Crippen LogP contribution in [0.4, 0.5) is 11.6 Å². The molecule has 0 bridgehead atoms. The number of nitrogen functional groups attached to an aromatic ring is 1. The second kappa shape index (κ2) is 5.98. The van der Waals surface area contributed by atoms with Crippen LogP contribution >= 0.6 is 0 Å². The van der Waals surface area contributed by atoms with Crippen LogP contribution < -0.4 is 11.1 Å². The topological polar surface area (TPSA) is 73.1 Å². The van der Waals surface area contributed by atoms with Crippen LogP contribution in [-0.4, -0.2) is 29.7 Å². The van der Waals surface area contributed by atoms with Crippen molar-refractivity contribution in [1.29, 1.82) is 0 Å². The lowest BCUT2D eigenvalue weighted by Gasteiger charge is -2.06. The van der Waals surface area contributed by atoms with Gasteiger partial charge >= 0.3 is 0 Å². The van der Waals surface area contributed by atoms with Gasteiger partial charge in [0.05, 0.1) is 25.6 Å². The second-order valence-electron chi connectivity index (χ2n) is 3.27. The number of rotatable bonds is 6. The van der Waals surface area contributed by atoms with Gasteiger partial charge in [-0.15, -0.1) is 0 Å². The highest BCUT2D eigenvalue weighted by atomic mass is 16.5. The van der Waals surface area contributed by atoms with Gasteiger partial charge in [-0.25, -0.2) is 4.98 Å². The predicted octanol–water partition coefficient (Wildman–Crippen LogP) is 1.06. The summed E-state index contributed by atoms with van der Waals surface area (Å²) in [5, 5.41) is 3.05. The van der Waals surface area contributed by atoms with Crippen LogP contribution in [0.15, 0.2) is 24.5 Å². The molecule has 82 valence electrons. The minimum Gasteiger partial charge on any atom is -0.382 e. The van der Waals surface area contributed by atoms with Gasteiger partial charge < -0.3 is 15.8 Å². The first-order chi connectivity index (χ1) is 7.18. The fourth-order valence-corrected chi connectivity index (χ4v) is 0.964. The third kappa shape index (κ3) is 4.97. The van der Waals surface area contributed by atoms with E-state index in [0.717, 1.165) is 5.57 Å². The highest BCUT2D eigenvalue weighted by molar-refractivity contribution is 5.38. The summed E-state index contributed by atoms with van der Waals surface area (Å²) >= 11 is 0. The first-order valence-corrected chi connectivity index (χ1v) is 4.72. The van der Waals surface area contributed by atoms with E-state index in [9.17, 15) is 0 Å². The van der Waals surface area contributed by atoms with Crippen molar-refractivity contribution in [2.45, 2.75) is 6.92 Å². The van der Waals surface area contributed by atoms with E-state index in [2.05, 4.69) is 21.9 Å². The van der Waals surface area contributed by atoms with E-state index in [1.54, 1.807) is 6.20 Å². The number of hydrogen-bond donors (Lipinski definition) is 2. The molecule has 0 radical (unpaired) electrons. The van der Waals surface area contributed by atoms with E-state index in [-0.39, 0.29) is 0 Å². The summed E-state index contributed by atoms with van der Waals surface area (Å²) in [7, 11) is 0. The van der Waals surface area contributed by atoms with Crippen molar-refractivity contribution >= 4 is 11.6 Å². The van der Waals surface area contributed by atoms with Gasteiger partial charge in [-0.2, -0.15) is 0 Å². The predicted molar refractivity (Wildman–Crippen MR) is 60.6 cm³/mol. The Balaban J connectivity index is 2.17. The fourth-order valence-electron chi connectivity index (χ4n) is 0.964. The van der Waals surface area contributed by atoms with Gasteiger partial charge in [0.25, 0.3) is 0 Å². The van der Waals surface area contributed by atoms with Crippen LogP contribution in [0.2, 0.25) is 0 Å². The van der Waals surface area contributed by atoms with Crippen molar-refractivity contribution in [2.24, 2.45) is 0 Å². The summed E-state index contributed by atoms with van der Waals surface area (Å²) in [5.74, 6) is 1.07. The Bertz CT molecular complexity index is 327.